The van der Waals surface area contributed by atoms with Crippen LogP contribution >= 0.6 is 0 Å². The summed E-state index contributed by atoms with van der Waals surface area (Å²) in [5.74, 6) is 0.0494. The van der Waals surface area contributed by atoms with E-state index in [0.717, 1.165) is 42.7 Å². The van der Waals surface area contributed by atoms with Crippen LogP contribution in [-0.2, 0) is 16.1 Å². The largest absolute Gasteiger partial charge is 0.338 e. The fraction of sp³-hybridized carbons (Fsp3) is 0.400. The van der Waals surface area contributed by atoms with Gasteiger partial charge in [-0.05, 0) is 50.5 Å². The fourth-order valence-corrected chi connectivity index (χ4v) is 5.05. The van der Waals surface area contributed by atoms with E-state index in [9.17, 15) is 14.0 Å². The van der Waals surface area contributed by atoms with Crippen LogP contribution in [0.1, 0.15) is 44.3 Å². The van der Waals surface area contributed by atoms with Crippen LogP contribution in [0.2, 0.25) is 0 Å². The molecule has 2 saturated heterocycles. The van der Waals surface area contributed by atoms with E-state index in [-0.39, 0.29) is 36.7 Å². The number of hydrogen-bond donors (Lipinski definition) is 0. The minimum atomic E-state index is -0.413. The molecule has 2 aliphatic heterocycles. The number of carbonyl (C=O) groups is 2. The van der Waals surface area contributed by atoms with Crippen LogP contribution in [0.3, 0.4) is 0 Å². The van der Waals surface area contributed by atoms with Gasteiger partial charge in [0, 0.05) is 31.5 Å². The first-order valence-electron chi connectivity index (χ1n) is 11.3. The van der Waals surface area contributed by atoms with E-state index >= 15 is 0 Å². The highest BCUT2D eigenvalue weighted by Gasteiger charge is 2.36. The number of para-hydroxylation sites is 3. The normalized spacial score (nSPS) is 21.5. The van der Waals surface area contributed by atoms with Crippen molar-refractivity contribution in [2.24, 2.45) is 0 Å². The number of likely N-dealkylation sites (tertiary alicyclic amines) is 1. The third kappa shape index (κ3) is 3.66. The summed E-state index contributed by atoms with van der Waals surface area (Å²) in [5.41, 5.74) is 1.98. The van der Waals surface area contributed by atoms with Crippen LogP contribution in [0, 0.1) is 5.82 Å². The van der Waals surface area contributed by atoms with Crippen molar-refractivity contribution < 1.29 is 14.0 Å². The van der Waals surface area contributed by atoms with E-state index in [0.29, 0.717) is 12.2 Å². The van der Waals surface area contributed by atoms with E-state index in [1.54, 1.807) is 18.2 Å². The van der Waals surface area contributed by atoms with Gasteiger partial charge >= 0.3 is 0 Å². The highest BCUT2D eigenvalue weighted by atomic mass is 19.1. The molecule has 5 rings (SSSR count). The molecule has 2 aliphatic rings. The number of imidazole rings is 1. The van der Waals surface area contributed by atoms with Crippen LogP contribution in [-0.4, -0.2) is 45.4 Å². The quantitative estimate of drug-likeness (QED) is 0.621. The Kier molecular flexibility index (Phi) is 5.41. The molecule has 1 aromatic heterocycles. The second kappa shape index (κ2) is 8.37. The maximum absolute atomic E-state index is 14.3. The zero-order chi connectivity index (χ0) is 22.2. The standard InChI is InChI=1S/C25H27FN4O2/c1-17-8-6-7-13-28(17)24(32)16-30-22-12-5-3-10-20(22)27-25(30)18-14-23(31)29(15-18)21-11-4-2-9-19(21)26/h2-5,9-12,17-18H,6-8,13-16H2,1H3. The Morgan fingerprint density at radius 3 is 2.72 bits per heavy atom. The lowest BCUT2D eigenvalue weighted by Crippen LogP contribution is -2.43. The molecular formula is C25H27FN4O2. The first-order chi connectivity index (χ1) is 15.5. The Morgan fingerprint density at radius 2 is 1.91 bits per heavy atom. The van der Waals surface area contributed by atoms with Gasteiger partial charge in [0.25, 0.3) is 0 Å². The van der Waals surface area contributed by atoms with E-state index in [1.165, 1.54) is 11.0 Å². The summed E-state index contributed by atoms with van der Waals surface area (Å²) in [7, 11) is 0. The van der Waals surface area contributed by atoms with Crippen molar-refractivity contribution in [3.63, 3.8) is 0 Å². The molecule has 7 heteroatoms. The molecule has 0 N–H and O–H groups in total. The maximum atomic E-state index is 14.3. The number of carbonyl (C=O) groups excluding carboxylic acids is 2. The molecular weight excluding hydrogens is 407 g/mol. The Hall–Kier alpha value is -3.22. The molecule has 0 bridgehead atoms. The molecule has 2 aromatic carbocycles. The summed E-state index contributed by atoms with van der Waals surface area (Å²) in [6.07, 6.45) is 3.45. The van der Waals surface area contributed by atoms with Crippen LogP contribution in [0.5, 0.6) is 0 Å². The monoisotopic (exact) mass is 434 g/mol. The van der Waals surface area contributed by atoms with E-state index in [1.807, 2.05) is 33.7 Å². The van der Waals surface area contributed by atoms with Crippen molar-refractivity contribution in [1.29, 1.82) is 0 Å². The fourth-order valence-electron chi connectivity index (χ4n) is 5.05. The zero-order valence-electron chi connectivity index (χ0n) is 18.2. The molecule has 0 spiro atoms. The average Bonchev–Trinajstić information content (AvgIpc) is 3.35. The first-order valence-corrected chi connectivity index (χ1v) is 11.3. The van der Waals surface area contributed by atoms with E-state index in [2.05, 4.69) is 6.92 Å². The molecule has 6 nitrogen and oxygen atoms in total. The maximum Gasteiger partial charge on any atom is 0.242 e. The molecule has 0 aliphatic carbocycles. The van der Waals surface area contributed by atoms with E-state index < -0.39 is 5.82 Å². The van der Waals surface area contributed by atoms with Crippen molar-refractivity contribution in [2.75, 3.05) is 18.0 Å². The van der Waals surface area contributed by atoms with Crippen molar-refractivity contribution in [3.8, 4) is 0 Å². The number of hydrogen-bond acceptors (Lipinski definition) is 3. The van der Waals surface area contributed by atoms with Gasteiger partial charge < -0.3 is 14.4 Å². The van der Waals surface area contributed by atoms with Crippen molar-refractivity contribution >= 4 is 28.5 Å². The molecule has 32 heavy (non-hydrogen) atoms. The van der Waals surface area contributed by atoms with Gasteiger partial charge in [0.15, 0.2) is 0 Å². The van der Waals surface area contributed by atoms with Gasteiger partial charge in [-0.1, -0.05) is 24.3 Å². The number of benzene rings is 2. The van der Waals surface area contributed by atoms with Gasteiger partial charge in [0.05, 0.1) is 16.7 Å². The zero-order valence-corrected chi connectivity index (χ0v) is 18.2. The van der Waals surface area contributed by atoms with Crippen LogP contribution in [0.4, 0.5) is 10.1 Å². The van der Waals surface area contributed by atoms with Crippen molar-refractivity contribution in [1.82, 2.24) is 14.5 Å². The van der Waals surface area contributed by atoms with Gasteiger partial charge in [-0.15, -0.1) is 0 Å². The minimum absolute atomic E-state index is 0.0805. The van der Waals surface area contributed by atoms with E-state index in [4.69, 9.17) is 4.98 Å². The van der Waals surface area contributed by atoms with Gasteiger partial charge in [-0.3, -0.25) is 9.59 Å². The van der Waals surface area contributed by atoms with Gasteiger partial charge in [0.1, 0.15) is 18.2 Å². The molecule has 2 amide bonds. The third-order valence-electron chi connectivity index (χ3n) is 6.73. The lowest BCUT2D eigenvalue weighted by Gasteiger charge is -2.33. The molecule has 3 heterocycles. The Bertz CT molecular complexity index is 1170. The smallest absolute Gasteiger partial charge is 0.242 e. The summed E-state index contributed by atoms with van der Waals surface area (Å²) >= 11 is 0. The summed E-state index contributed by atoms with van der Waals surface area (Å²) in [5, 5.41) is 0. The van der Waals surface area contributed by atoms with Gasteiger partial charge in [-0.25, -0.2) is 9.37 Å². The summed E-state index contributed by atoms with van der Waals surface area (Å²) in [6, 6.07) is 14.3. The number of nitrogens with zero attached hydrogens (tertiary/aromatic N) is 4. The van der Waals surface area contributed by atoms with Gasteiger partial charge in [-0.2, -0.15) is 0 Å². The molecule has 2 fully saturated rings. The van der Waals surface area contributed by atoms with Crippen LogP contribution in [0.25, 0.3) is 11.0 Å². The number of amides is 2. The Morgan fingerprint density at radius 1 is 1.12 bits per heavy atom. The molecule has 166 valence electrons. The summed E-state index contributed by atoms with van der Waals surface area (Å²) in [4.78, 5) is 34.3. The third-order valence-corrected chi connectivity index (χ3v) is 6.73. The molecule has 0 radical (unpaired) electrons. The lowest BCUT2D eigenvalue weighted by atomic mass is 10.0. The second-order valence-electron chi connectivity index (χ2n) is 8.83. The molecule has 0 saturated carbocycles. The number of anilines is 1. The topological polar surface area (TPSA) is 58.4 Å². The van der Waals surface area contributed by atoms with Crippen molar-refractivity contribution in [2.45, 2.75) is 51.1 Å². The van der Waals surface area contributed by atoms with Crippen molar-refractivity contribution in [3.05, 3.63) is 60.2 Å². The average molecular weight is 435 g/mol. The highest BCUT2D eigenvalue weighted by molar-refractivity contribution is 5.96. The minimum Gasteiger partial charge on any atom is -0.338 e. The lowest BCUT2D eigenvalue weighted by molar-refractivity contribution is -0.135. The number of rotatable bonds is 4. The number of halogens is 1. The highest BCUT2D eigenvalue weighted by Crippen LogP contribution is 2.34. The van der Waals surface area contributed by atoms with Crippen LogP contribution < -0.4 is 4.90 Å². The predicted octanol–water partition coefficient (Wildman–Crippen LogP) is 4.10. The summed E-state index contributed by atoms with van der Waals surface area (Å²) < 4.78 is 16.3. The Balaban J connectivity index is 1.47. The first kappa shape index (κ1) is 20.7. The molecule has 2 unspecified atom stereocenters. The summed E-state index contributed by atoms with van der Waals surface area (Å²) in [6.45, 7) is 3.43. The predicted molar refractivity (Wildman–Crippen MR) is 121 cm³/mol. The number of aromatic nitrogens is 2. The molecule has 2 atom stereocenters. The number of fused-ring (bicyclic) bond motifs is 1. The van der Waals surface area contributed by atoms with Crippen LogP contribution in [0.15, 0.2) is 48.5 Å². The SMILES string of the molecule is CC1CCCCN1C(=O)Cn1c(C2CC(=O)N(c3ccccc3F)C2)nc2ccccc21. The molecule has 3 aromatic rings. The number of piperidine rings is 1. The second-order valence-corrected chi connectivity index (χ2v) is 8.83. The Labute approximate surface area is 186 Å². The van der Waals surface area contributed by atoms with Gasteiger partial charge in [0.2, 0.25) is 11.8 Å².